The van der Waals surface area contributed by atoms with E-state index in [0.29, 0.717) is 36.0 Å². The van der Waals surface area contributed by atoms with Crippen molar-refractivity contribution in [1.82, 2.24) is 15.6 Å². The van der Waals surface area contributed by atoms with Gasteiger partial charge in [-0.2, -0.15) is 0 Å². The Balaban J connectivity index is 1.41. The van der Waals surface area contributed by atoms with Crippen LogP contribution in [-0.2, 0) is 9.53 Å². The molecule has 0 unspecified atom stereocenters. The van der Waals surface area contributed by atoms with Crippen LogP contribution in [-0.4, -0.2) is 35.7 Å². The van der Waals surface area contributed by atoms with Gasteiger partial charge in [0.1, 0.15) is 23.1 Å². The van der Waals surface area contributed by atoms with Crippen molar-refractivity contribution < 1.29 is 27.5 Å². The maximum absolute atomic E-state index is 14.5. The first-order valence-corrected chi connectivity index (χ1v) is 11.5. The van der Waals surface area contributed by atoms with Crippen LogP contribution in [0.5, 0.6) is 0 Å². The quantitative estimate of drug-likeness (QED) is 0.436. The third-order valence-electron chi connectivity index (χ3n) is 6.02. The predicted molar refractivity (Wildman–Crippen MR) is 126 cm³/mol. The second kappa shape index (κ2) is 9.64. The standard InChI is InChI=1S/C26H28F3N3O3/c1-26(2,3)35-25(34)31-13-21(33)30-12-14-8-16(9-14)22-19-10-18(28)11-20(29)24(19)32-23(22)15-4-6-17(27)7-5-15/h4-7,10-11,14,16,32H,8-9,12-13H2,1-3H3,(H,30,33)(H,31,34)/t14-,16-. The average molecular weight is 488 g/mol. The van der Waals surface area contributed by atoms with Crippen LogP contribution < -0.4 is 10.6 Å². The third-order valence-corrected chi connectivity index (χ3v) is 6.02. The van der Waals surface area contributed by atoms with Gasteiger partial charge in [0, 0.05) is 18.0 Å². The molecule has 0 bridgehead atoms. The highest BCUT2D eigenvalue weighted by molar-refractivity contribution is 5.92. The largest absolute Gasteiger partial charge is 0.444 e. The van der Waals surface area contributed by atoms with Gasteiger partial charge in [0.15, 0.2) is 0 Å². The molecule has 35 heavy (non-hydrogen) atoms. The molecule has 2 amide bonds. The van der Waals surface area contributed by atoms with E-state index >= 15 is 0 Å². The van der Waals surface area contributed by atoms with Crippen molar-refractivity contribution in [3.8, 4) is 11.3 Å². The molecule has 1 aliphatic carbocycles. The Hall–Kier alpha value is -3.49. The number of ether oxygens (including phenoxy) is 1. The van der Waals surface area contributed by atoms with Gasteiger partial charge in [-0.15, -0.1) is 0 Å². The van der Waals surface area contributed by atoms with Gasteiger partial charge < -0.3 is 20.4 Å². The van der Waals surface area contributed by atoms with Crippen LogP contribution in [0.4, 0.5) is 18.0 Å². The number of halogens is 3. The van der Waals surface area contributed by atoms with Crippen molar-refractivity contribution in [1.29, 1.82) is 0 Å². The highest BCUT2D eigenvalue weighted by Crippen LogP contribution is 2.48. The van der Waals surface area contributed by atoms with E-state index in [0.717, 1.165) is 11.6 Å². The summed E-state index contributed by atoms with van der Waals surface area (Å²) in [6.07, 6.45) is 0.751. The van der Waals surface area contributed by atoms with Crippen LogP contribution >= 0.6 is 0 Å². The summed E-state index contributed by atoms with van der Waals surface area (Å²) in [5.74, 6) is -1.87. The van der Waals surface area contributed by atoms with Gasteiger partial charge in [0.05, 0.1) is 17.8 Å². The molecule has 1 heterocycles. The molecule has 3 N–H and O–H groups in total. The van der Waals surface area contributed by atoms with E-state index in [9.17, 15) is 22.8 Å². The summed E-state index contributed by atoms with van der Waals surface area (Å²) in [4.78, 5) is 26.8. The Morgan fingerprint density at radius 3 is 2.37 bits per heavy atom. The highest BCUT2D eigenvalue weighted by Gasteiger charge is 2.35. The van der Waals surface area contributed by atoms with E-state index in [1.807, 2.05) is 0 Å². The first-order valence-electron chi connectivity index (χ1n) is 11.5. The van der Waals surface area contributed by atoms with Gasteiger partial charge in [-0.3, -0.25) is 4.79 Å². The van der Waals surface area contributed by atoms with E-state index < -0.39 is 23.3 Å². The minimum Gasteiger partial charge on any atom is -0.444 e. The smallest absolute Gasteiger partial charge is 0.408 e. The van der Waals surface area contributed by atoms with Crippen LogP contribution in [0.15, 0.2) is 36.4 Å². The summed E-state index contributed by atoms with van der Waals surface area (Å²) in [5, 5.41) is 5.68. The van der Waals surface area contributed by atoms with E-state index in [1.54, 1.807) is 32.9 Å². The number of nitrogens with one attached hydrogen (secondary N) is 3. The summed E-state index contributed by atoms with van der Waals surface area (Å²) in [6.45, 7) is 5.43. The van der Waals surface area contributed by atoms with Crippen LogP contribution in [0.3, 0.4) is 0 Å². The van der Waals surface area contributed by atoms with Crippen LogP contribution in [0.1, 0.15) is 45.1 Å². The molecule has 0 saturated heterocycles. The number of aromatic nitrogens is 1. The third kappa shape index (κ3) is 5.78. The zero-order valence-electron chi connectivity index (χ0n) is 19.8. The molecular formula is C26H28F3N3O3. The summed E-state index contributed by atoms with van der Waals surface area (Å²) < 4.78 is 47.1. The molecular weight excluding hydrogens is 459 g/mol. The number of benzene rings is 2. The van der Waals surface area contributed by atoms with Crippen LogP contribution in [0.2, 0.25) is 0 Å². The molecule has 1 saturated carbocycles. The summed E-state index contributed by atoms with van der Waals surface area (Å²) in [5.41, 5.74) is 1.67. The molecule has 3 aromatic rings. The lowest BCUT2D eigenvalue weighted by molar-refractivity contribution is -0.120. The topological polar surface area (TPSA) is 83.2 Å². The second-order valence-electron chi connectivity index (χ2n) is 9.92. The lowest BCUT2D eigenvalue weighted by Crippen LogP contribution is -2.42. The van der Waals surface area contributed by atoms with E-state index in [2.05, 4.69) is 15.6 Å². The minimum absolute atomic E-state index is 0.0202. The maximum atomic E-state index is 14.5. The molecule has 4 rings (SSSR count). The molecule has 186 valence electrons. The number of amides is 2. The van der Waals surface area contributed by atoms with Gasteiger partial charge in [0.25, 0.3) is 0 Å². The fourth-order valence-electron chi connectivity index (χ4n) is 4.43. The van der Waals surface area contributed by atoms with Crippen molar-refractivity contribution in [2.75, 3.05) is 13.1 Å². The Kier molecular flexibility index (Phi) is 6.78. The second-order valence-corrected chi connectivity index (χ2v) is 9.92. The number of carbonyl (C=O) groups excluding carboxylic acids is 2. The number of hydrogen-bond donors (Lipinski definition) is 3. The zero-order valence-corrected chi connectivity index (χ0v) is 19.8. The first kappa shape index (κ1) is 24.6. The number of aromatic amines is 1. The molecule has 1 aromatic heterocycles. The van der Waals surface area contributed by atoms with Gasteiger partial charge in [-0.25, -0.2) is 18.0 Å². The maximum Gasteiger partial charge on any atom is 0.408 e. The molecule has 2 aromatic carbocycles. The van der Waals surface area contributed by atoms with E-state index in [4.69, 9.17) is 4.74 Å². The fourth-order valence-corrected chi connectivity index (χ4v) is 4.43. The van der Waals surface area contributed by atoms with Gasteiger partial charge in [0.2, 0.25) is 5.91 Å². The summed E-state index contributed by atoms with van der Waals surface area (Å²) in [7, 11) is 0. The molecule has 0 aliphatic heterocycles. The Morgan fingerprint density at radius 2 is 1.71 bits per heavy atom. The lowest BCUT2D eigenvalue weighted by atomic mass is 9.70. The van der Waals surface area contributed by atoms with Gasteiger partial charge in [-0.1, -0.05) is 0 Å². The normalized spacial score (nSPS) is 17.7. The molecule has 0 radical (unpaired) electrons. The summed E-state index contributed by atoms with van der Waals surface area (Å²) in [6, 6.07) is 8.01. The predicted octanol–water partition coefficient (Wildman–Crippen LogP) is 5.39. The number of hydrogen-bond acceptors (Lipinski definition) is 3. The SMILES string of the molecule is CC(C)(C)OC(=O)NCC(=O)NC[C@H]1C[C@H](c2c(-c3ccc(F)cc3)[nH]c3c(F)cc(F)cc32)C1. The van der Waals surface area contributed by atoms with Crippen molar-refractivity contribution >= 4 is 22.9 Å². The molecule has 0 spiro atoms. The Bertz CT molecular complexity index is 1240. The van der Waals surface area contributed by atoms with Crippen molar-refractivity contribution in [2.45, 2.75) is 45.1 Å². The minimum atomic E-state index is -0.685. The van der Waals surface area contributed by atoms with E-state index in [-0.39, 0.29) is 35.6 Å². The summed E-state index contributed by atoms with van der Waals surface area (Å²) >= 11 is 0. The molecule has 1 fully saturated rings. The highest BCUT2D eigenvalue weighted by atomic mass is 19.1. The first-order chi connectivity index (χ1) is 16.5. The zero-order chi connectivity index (χ0) is 25.3. The molecule has 6 nitrogen and oxygen atoms in total. The lowest BCUT2D eigenvalue weighted by Gasteiger charge is -2.36. The molecule has 0 atom stereocenters. The van der Waals surface area contributed by atoms with E-state index in [1.165, 1.54) is 18.2 Å². The van der Waals surface area contributed by atoms with Gasteiger partial charge >= 0.3 is 6.09 Å². The number of fused-ring (bicyclic) bond motifs is 1. The van der Waals surface area contributed by atoms with Crippen LogP contribution in [0, 0.1) is 23.4 Å². The van der Waals surface area contributed by atoms with Crippen molar-refractivity contribution in [3.63, 3.8) is 0 Å². The monoisotopic (exact) mass is 487 g/mol. The molecule has 9 heteroatoms. The number of carbonyl (C=O) groups is 2. The van der Waals surface area contributed by atoms with Gasteiger partial charge in [-0.05, 0) is 86.9 Å². The average Bonchev–Trinajstić information content (AvgIpc) is 3.10. The fraction of sp³-hybridized carbons (Fsp3) is 0.385. The van der Waals surface area contributed by atoms with Crippen LogP contribution in [0.25, 0.3) is 22.2 Å². The Morgan fingerprint density at radius 1 is 1.03 bits per heavy atom. The molecule has 1 aliphatic rings. The number of rotatable bonds is 6. The number of alkyl carbamates (subject to hydrolysis) is 1. The number of H-pyrrole nitrogens is 1. The van der Waals surface area contributed by atoms with Crippen molar-refractivity contribution in [3.05, 3.63) is 59.4 Å². The van der Waals surface area contributed by atoms with Crippen molar-refractivity contribution in [2.24, 2.45) is 5.92 Å². The Labute approximate surface area is 201 Å².